The van der Waals surface area contributed by atoms with Gasteiger partial charge in [0.1, 0.15) is 6.04 Å². The molecule has 1 atom stereocenters. The third-order valence-electron chi connectivity index (χ3n) is 3.16. The first-order chi connectivity index (χ1) is 10.2. The number of hydrogen-bond acceptors (Lipinski definition) is 4. The molecule has 0 aromatic heterocycles. The first-order valence-electron chi connectivity index (χ1n) is 7.45. The van der Waals surface area contributed by atoms with Crippen molar-refractivity contribution in [3.05, 3.63) is 35.9 Å². The van der Waals surface area contributed by atoms with Crippen LogP contribution in [0.2, 0.25) is 0 Å². The third kappa shape index (κ3) is 6.25. The van der Waals surface area contributed by atoms with Crippen LogP contribution in [0.5, 0.6) is 0 Å². The number of benzene rings is 1. The van der Waals surface area contributed by atoms with Crippen molar-refractivity contribution in [1.82, 2.24) is 4.90 Å². The molecule has 0 heterocycles. The fourth-order valence-electron chi connectivity index (χ4n) is 1.97. The predicted molar refractivity (Wildman–Crippen MR) is 82.9 cm³/mol. The summed E-state index contributed by atoms with van der Waals surface area (Å²) in [5.41, 5.74) is 6.89. The highest BCUT2D eigenvalue weighted by atomic mass is 16.5. The normalized spacial score (nSPS) is 12.1. The van der Waals surface area contributed by atoms with E-state index in [9.17, 15) is 4.79 Å². The van der Waals surface area contributed by atoms with E-state index in [1.54, 1.807) is 4.90 Å². The zero-order chi connectivity index (χ0) is 15.5. The summed E-state index contributed by atoms with van der Waals surface area (Å²) in [5.74, 6) is -0.0967. The van der Waals surface area contributed by atoms with Crippen molar-refractivity contribution in [2.24, 2.45) is 5.73 Å². The summed E-state index contributed by atoms with van der Waals surface area (Å²) in [7, 11) is 0. The van der Waals surface area contributed by atoms with E-state index in [-0.39, 0.29) is 5.91 Å². The quantitative estimate of drug-likeness (QED) is 0.666. The van der Waals surface area contributed by atoms with Crippen LogP contribution in [0.25, 0.3) is 0 Å². The van der Waals surface area contributed by atoms with E-state index >= 15 is 0 Å². The van der Waals surface area contributed by atoms with Crippen LogP contribution >= 0.6 is 0 Å². The van der Waals surface area contributed by atoms with Gasteiger partial charge in [0, 0.05) is 26.3 Å². The Morgan fingerprint density at radius 3 is 2.10 bits per heavy atom. The van der Waals surface area contributed by atoms with Crippen LogP contribution in [0.15, 0.2) is 30.3 Å². The van der Waals surface area contributed by atoms with E-state index < -0.39 is 6.04 Å². The fraction of sp³-hybridized carbons (Fsp3) is 0.562. The molecule has 1 amide bonds. The van der Waals surface area contributed by atoms with Gasteiger partial charge in [-0.3, -0.25) is 4.79 Å². The monoisotopic (exact) mass is 294 g/mol. The number of nitrogens with two attached hydrogens (primary N) is 1. The molecule has 0 bridgehead atoms. The Kier molecular flexibility index (Phi) is 8.66. The second-order valence-electron chi connectivity index (χ2n) is 4.61. The van der Waals surface area contributed by atoms with Gasteiger partial charge in [-0.05, 0) is 19.4 Å². The van der Waals surface area contributed by atoms with Crippen molar-refractivity contribution < 1.29 is 14.3 Å². The SMILES string of the molecule is CCOCCN(CCOCC)C(=O)[C@@H](N)c1ccccc1. The highest BCUT2D eigenvalue weighted by molar-refractivity contribution is 5.83. The Morgan fingerprint density at radius 2 is 1.62 bits per heavy atom. The zero-order valence-electron chi connectivity index (χ0n) is 13.0. The van der Waals surface area contributed by atoms with Crippen LogP contribution in [-0.4, -0.2) is 50.3 Å². The van der Waals surface area contributed by atoms with Crippen LogP contribution < -0.4 is 5.73 Å². The Bertz CT molecular complexity index is 388. The summed E-state index contributed by atoms with van der Waals surface area (Å²) < 4.78 is 10.7. The summed E-state index contributed by atoms with van der Waals surface area (Å²) >= 11 is 0. The summed E-state index contributed by atoms with van der Waals surface area (Å²) in [6, 6.07) is 8.76. The van der Waals surface area contributed by atoms with Gasteiger partial charge in [-0.15, -0.1) is 0 Å². The standard InChI is InChI=1S/C16H26N2O3/c1-3-20-12-10-18(11-13-21-4-2)16(19)15(17)14-8-6-5-7-9-14/h5-9,15H,3-4,10-13,17H2,1-2H3/t15-/m0/s1. The van der Waals surface area contributed by atoms with Gasteiger partial charge in [-0.25, -0.2) is 0 Å². The van der Waals surface area contributed by atoms with E-state index in [4.69, 9.17) is 15.2 Å². The lowest BCUT2D eigenvalue weighted by Crippen LogP contribution is -2.42. The highest BCUT2D eigenvalue weighted by Gasteiger charge is 2.22. The number of rotatable bonds is 10. The Morgan fingerprint density at radius 1 is 1.10 bits per heavy atom. The van der Waals surface area contributed by atoms with Crippen LogP contribution in [0.1, 0.15) is 25.5 Å². The second kappa shape index (κ2) is 10.3. The number of ether oxygens (including phenoxy) is 2. The molecule has 118 valence electrons. The molecule has 5 heteroatoms. The van der Waals surface area contributed by atoms with Crippen molar-refractivity contribution in [3.8, 4) is 0 Å². The smallest absolute Gasteiger partial charge is 0.244 e. The summed E-state index contributed by atoms with van der Waals surface area (Å²) in [6.07, 6.45) is 0. The average molecular weight is 294 g/mol. The van der Waals surface area contributed by atoms with Crippen molar-refractivity contribution in [1.29, 1.82) is 0 Å². The fourth-order valence-corrected chi connectivity index (χ4v) is 1.97. The summed E-state index contributed by atoms with van der Waals surface area (Å²) in [4.78, 5) is 14.2. The van der Waals surface area contributed by atoms with Gasteiger partial charge in [0.2, 0.25) is 5.91 Å². The predicted octanol–water partition coefficient (Wildman–Crippen LogP) is 1.59. The minimum atomic E-state index is -0.644. The third-order valence-corrected chi connectivity index (χ3v) is 3.16. The number of amides is 1. The number of nitrogens with zero attached hydrogens (tertiary/aromatic N) is 1. The van der Waals surface area contributed by atoms with Gasteiger partial charge in [-0.1, -0.05) is 30.3 Å². The van der Waals surface area contributed by atoms with E-state index in [1.165, 1.54) is 0 Å². The van der Waals surface area contributed by atoms with Gasteiger partial charge in [0.25, 0.3) is 0 Å². The molecule has 2 N–H and O–H groups in total. The molecule has 1 aromatic rings. The molecule has 1 rings (SSSR count). The summed E-state index contributed by atoms with van der Waals surface area (Å²) in [6.45, 7) is 7.22. The van der Waals surface area contributed by atoms with E-state index in [0.29, 0.717) is 39.5 Å². The van der Waals surface area contributed by atoms with Crippen LogP contribution in [0.3, 0.4) is 0 Å². The minimum absolute atomic E-state index is 0.0967. The molecule has 0 aliphatic heterocycles. The van der Waals surface area contributed by atoms with Gasteiger partial charge >= 0.3 is 0 Å². The maximum atomic E-state index is 12.5. The maximum absolute atomic E-state index is 12.5. The lowest BCUT2D eigenvalue weighted by molar-refractivity contribution is -0.134. The molecule has 0 spiro atoms. The molecule has 0 aliphatic rings. The van der Waals surface area contributed by atoms with Gasteiger partial charge in [-0.2, -0.15) is 0 Å². The molecule has 0 aliphatic carbocycles. The molecule has 0 fully saturated rings. The first-order valence-corrected chi connectivity index (χ1v) is 7.45. The maximum Gasteiger partial charge on any atom is 0.244 e. The minimum Gasteiger partial charge on any atom is -0.380 e. The molecule has 21 heavy (non-hydrogen) atoms. The molecule has 0 saturated carbocycles. The molecule has 0 radical (unpaired) electrons. The van der Waals surface area contributed by atoms with E-state index in [2.05, 4.69) is 0 Å². The molecular weight excluding hydrogens is 268 g/mol. The highest BCUT2D eigenvalue weighted by Crippen LogP contribution is 2.12. The number of carbonyl (C=O) groups excluding carboxylic acids is 1. The Balaban J connectivity index is 2.63. The van der Waals surface area contributed by atoms with Crippen molar-refractivity contribution in [2.75, 3.05) is 39.5 Å². The average Bonchev–Trinajstić information content (AvgIpc) is 2.53. The molecule has 1 aromatic carbocycles. The number of carbonyl (C=O) groups is 1. The van der Waals surface area contributed by atoms with Crippen molar-refractivity contribution >= 4 is 5.91 Å². The second-order valence-corrected chi connectivity index (χ2v) is 4.61. The van der Waals surface area contributed by atoms with Crippen molar-refractivity contribution in [3.63, 3.8) is 0 Å². The topological polar surface area (TPSA) is 64.8 Å². The van der Waals surface area contributed by atoms with Crippen LogP contribution in [0.4, 0.5) is 0 Å². The largest absolute Gasteiger partial charge is 0.380 e. The van der Waals surface area contributed by atoms with Gasteiger partial charge in [0.15, 0.2) is 0 Å². The molecule has 0 unspecified atom stereocenters. The molecule has 0 saturated heterocycles. The van der Waals surface area contributed by atoms with E-state index in [0.717, 1.165) is 5.56 Å². The van der Waals surface area contributed by atoms with E-state index in [1.807, 2.05) is 44.2 Å². The lowest BCUT2D eigenvalue weighted by atomic mass is 10.1. The van der Waals surface area contributed by atoms with Gasteiger partial charge < -0.3 is 20.1 Å². The first kappa shape index (κ1) is 17.6. The zero-order valence-corrected chi connectivity index (χ0v) is 13.0. The van der Waals surface area contributed by atoms with Gasteiger partial charge in [0.05, 0.1) is 13.2 Å². The summed E-state index contributed by atoms with van der Waals surface area (Å²) in [5, 5.41) is 0. The Labute approximate surface area is 127 Å². The number of hydrogen-bond donors (Lipinski definition) is 1. The Hall–Kier alpha value is -1.43. The lowest BCUT2D eigenvalue weighted by Gasteiger charge is -2.25. The molecule has 5 nitrogen and oxygen atoms in total. The van der Waals surface area contributed by atoms with Crippen molar-refractivity contribution in [2.45, 2.75) is 19.9 Å². The molecular formula is C16H26N2O3. The van der Waals surface area contributed by atoms with Crippen LogP contribution in [-0.2, 0) is 14.3 Å². The van der Waals surface area contributed by atoms with Crippen LogP contribution in [0, 0.1) is 0 Å².